The zero-order valence-corrected chi connectivity index (χ0v) is 12.9. The number of hydrogen-bond donors (Lipinski definition) is 1. The summed E-state index contributed by atoms with van der Waals surface area (Å²) in [7, 11) is 0. The van der Waals surface area contributed by atoms with E-state index in [2.05, 4.69) is 56.0 Å². The van der Waals surface area contributed by atoms with Crippen LogP contribution in [0.2, 0.25) is 0 Å². The quantitative estimate of drug-likeness (QED) is 0.727. The van der Waals surface area contributed by atoms with Crippen LogP contribution in [0.25, 0.3) is 0 Å². The van der Waals surface area contributed by atoms with Crippen molar-refractivity contribution in [2.45, 2.75) is 46.5 Å². The van der Waals surface area contributed by atoms with E-state index < -0.39 is 0 Å². The molecule has 108 valence electrons. The first-order valence-electron chi connectivity index (χ1n) is 7.65. The summed E-state index contributed by atoms with van der Waals surface area (Å²) >= 11 is 0. The molecule has 0 aromatic heterocycles. The van der Waals surface area contributed by atoms with Gasteiger partial charge in [0.25, 0.3) is 0 Å². The van der Waals surface area contributed by atoms with Gasteiger partial charge < -0.3 is 10.6 Å². The molecule has 1 unspecified atom stereocenters. The predicted molar refractivity (Wildman–Crippen MR) is 85.6 cm³/mol. The highest BCUT2D eigenvalue weighted by molar-refractivity contribution is 5.46. The highest BCUT2D eigenvalue weighted by atomic mass is 15.1. The summed E-state index contributed by atoms with van der Waals surface area (Å²) in [6, 6.07) is 10.7. The van der Waals surface area contributed by atoms with Crippen molar-refractivity contribution in [1.82, 2.24) is 0 Å². The second kappa shape index (κ2) is 8.21. The van der Waals surface area contributed by atoms with E-state index in [1.807, 2.05) is 0 Å². The van der Waals surface area contributed by atoms with Crippen LogP contribution in [0, 0.1) is 5.41 Å². The third-order valence-corrected chi connectivity index (χ3v) is 3.82. The van der Waals surface area contributed by atoms with Crippen LogP contribution in [0.15, 0.2) is 30.3 Å². The van der Waals surface area contributed by atoms with Gasteiger partial charge >= 0.3 is 0 Å². The summed E-state index contributed by atoms with van der Waals surface area (Å²) in [6.07, 6.45) is 4.86. The lowest BCUT2D eigenvalue weighted by Gasteiger charge is -2.36. The summed E-state index contributed by atoms with van der Waals surface area (Å²) < 4.78 is 0. The Morgan fingerprint density at radius 1 is 1.11 bits per heavy atom. The minimum absolute atomic E-state index is 0.221. The molecule has 1 atom stereocenters. The van der Waals surface area contributed by atoms with Gasteiger partial charge in [-0.3, -0.25) is 0 Å². The lowest BCUT2D eigenvalue weighted by molar-refractivity contribution is 0.306. The number of anilines is 1. The van der Waals surface area contributed by atoms with Crippen LogP contribution < -0.4 is 10.6 Å². The van der Waals surface area contributed by atoms with Crippen molar-refractivity contribution in [2.24, 2.45) is 11.1 Å². The first-order valence-corrected chi connectivity index (χ1v) is 7.65. The molecule has 0 saturated carbocycles. The molecule has 0 radical (unpaired) electrons. The maximum absolute atomic E-state index is 6.02. The lowest BCUT2D eigenvalue weighted by atomic mass is 9.85. The maximum Gasteiger partial charge on any atom is 0.0366 e. The molecule has 0 spiro atoms. The lowest BCUT2D eigenvalue weighted by Crippen LogP contribution is -2.41. The summed E-state index contributed by atoms with van der Waals surface area (Å²) in [5, 5.41) is 0. The van der Waals surface area contributed by atoms with Crippen molar-refractivity contribution >= 4 is 5.69 Å². The number of benzene rings is 1. The molecule has 0 amide bonds. The average molecular weight is 262 g/mol. The van der Waals surface area contributed by atoms with Gasteiger partial charge in [-0.1, -0.05) is 51.8 Å². The van der Waals surface area contributed by atoms with Crippen LogP contribution in [-0.4, -0.2) is 19.6 Å². The molecular formula is C17H30N2. The summed E-state index contributed by atoms with van der Waals surface area (Å²) in [5.74, 6) is 0. The standard InChI is InChI=1S/C17H30N2/c1-4-6-13-19(16-10-8-7-9-11-16)15-17(3,14-18)12-5-2/h7-11H,4-6,12-15,18H2,1-3H3. The zero-order chi connectivity index (χ0) is 14.1. The number of nitrogens with zero attached hydrogens (tertiary/aromatic N) is 1. The van der Waals surface area contributed by atoms with Crippen LogP contribution in [0.4, 0.5) is 5.69 Å². The van der Waals surface area contributed by atoms with E-state index in [4.69, 9.17) is 5.73 Å². The molecule has 0 heterocycles. The topological polar surface area (TPSA) is 29.3 Å². The summed E-state index contributed by atoms with van der Waals surface area (Å²) in [4.78, 5) is 2.51. The Morgan fingerprint density at radius 3 is 2.32 bits per heavy atom. The van der Waals surface area contributed by atoms with Crippen molar-refractivity contribution in [3.8, 4) is 0 Å². The monoisotopic (exact) mass is 262 g/mol. The average Bonchev–Trinajstić information content (AvgIpc) is 2.45. The Bertz CT molecular complexity index is 336. The van der Waals surface area contributed by atoms with Crippen LogP contribution >= 0.6 is 0 Å². The molecule has 0 fully saturated rings. The van der Waals surface area contributed by atoms with Gasteiger partial charge in [0.15, 0.2) is 0 Å². The fourth-order valence-corrected chi connectivity index (χ4v) is 2.60. The van der Waals surface area contributed by atoms with E-state index >= 15 is 0 Å². The van der Waals surface area contributed by atoms with Crippen LogP contribution in [0.3, 0.4) is 0 Å². The van der Waals surface area contributed by atoms with Crippen molar-refractivity contribution < 1.29 is 0 Å². The van der Waals surface area contributed by atoms with Gasteiger partial charge in [0.05, 0.1) is 0 Å². The van der Waals surface area contributed by atoms with Gasteiger partial charge in [-0.25, -0.2) is 0 Å². The van der Waals surface area contributed by atoms with Gasteiger partial charge in [0.2, 0.25) is 0 Å². The minimum atomic E-state index is 0.221. The Kier molecular flexibility index (Phi) is 6.93. The molecule has 19 heavy (non-hydrogen) atoms. The Morgan fingerprint density at radius 2 is 1.79 bits per heavy atom. The molecular weight excluding hydrogens is 232 g/mol. The fraction of sp³-hybridized carbons (Fsp3) is 0.647. The SMILES string of the molecule is CCCCN(CC(C)(CN)CCC)c1ccccc1. The number of rotatable bonds is 9. The molecule has 1 rings (SSSR count). The molecule has 0 bridgehead atoms. The Balaban J connectivity index is 2.79. The third-order valence-electron chi connectivity index (χ3n) is 3.82. The molecule has 0 aliphatic rings. The number of para-hydroxylation sites is 1. The van der Waals surface area contributed by atoms with Gasteiger partial charge in [-0.05, 0) is 36.9 Å². The molecule has 2 N–H and O–H groups in total. The van der Waals surface area contributed by atoms with E-state index in [1.165, 1.54) is 31.4 Å². The van der Waals surface area contributed by atoms with Crippen molar-refractivity contribution in [2.75, 3.05) is 24.5 Å². The highest BCUT2D eigenvalue weighted by Crippen LogP contribution is 2.26. The molecule has 1 aromatic carbocycles. The highest BCUT2D eigenvalue weighted by Gasteiger charge is 2.24. The van der Waals surface area contributed by atoms with Gasteiger partial charge in [0, 0.05) is 18.8 Å². The summed E-state index contributed by atoms with van der Waals surface area (Å²) in [6.45, 7) is 9.75. The minimum Gasteiger partial charge on any atom is -0.371 e. The van der Waals surface area contributed by atoms with Gasteiger partial charge in [-0.15, -0.1) is 0 Å². The van der Waals surface area contributed by atoms with Crippen molar-refractivity contribution in [1.29, 1.82) is 0 Å². The smallest absolute Gasteiger partial charge is 0.0366 e. The van der Waals surface area contributed by atoms with Crippen molar-refractivity contribution in [3.05, 3.63) is 30.3 Å². The molecule has 2 nitrogen and oxygen atoms in total. The van der Waals surface area contributed by atoms with E-state index in [1.54, 1.807) is 0 Å². The molecule has 0 aliphatic heterocycles. The Hall–Kier alpha value is -1.02. The van der Waals surface area contributed by atoms with Crippen LogP contribution in [-0.2, 0) is 0 Å². The Labute approximate surface area is 119 Å². The number of hydrogen-bond acceptors (Lipinski definition) is 2. The maximum atomic E-state index is 6.02. The van der Waals surface area contributed by atoms with Gasteiger partial charge in [0.1, 0.15) is 0 Å². The normalized spacial score (nSPS) is 14.1. The van der Waals surface area contributed by atoms with Gasteiger partial charge in [-0.2, -0.15) is 0 Å². The fourth-order valence-electron chi connectivity index (χ4n) is 2.60. The molecule has 1 aromatic rings. The van der Waals surface area contributed by atoms with Crippen LogP contribution in [0.1, 0.15) is 46.5 Å². The van der Waals surface area contributed by atoms with E-state index in [0.717, 1.165) is 19.6 Å². The zero-order valence-electron chi connectivity index (χ0n) is 12.9. The number of nitrogens with two attached hydrogens (primary N) is 1. The third kappa shape index (κ3) is 5.23. The first-order chi connectivity index (χ1) is 9.15. The first kappa shape index (κ1) is 16.0. The predicted octanol–water partition coefficient (Wildman–Crippen LogP) is 4.06. The van der Waals surface area contributed by atoms with Crippen LogP contribution in [0.5, 0.6) is 0 Å². The second-order valence-corrected chi connectivity index (χ2v) is 5.88. The van der Waals surface area contributed by atoms with E-state index in [-0.39, 0.29) is 5.41 Å². The number of unbranched alkanes of at least 4 members (excludes halogenated alkanes) is 1. The molecule has 0 aliphatic carbocycles. The largest absolute Gasteiger partial charge is 0.371 e. The second-order valence-electron chi connectivity index (χ2n) is 5.88. The van der Waals surface area contributed by atoms with Crippen molar-refractivity contribution in [3.63, 3.8) is 0 Å². The molecule has 0 saturated heterocycles. The van der Waals surface area contributed by atoms with E-state index in [9.17, 15) is 0 Å². The summed E-state index contributed by atoms with van der Waals surface area (Å²) in [5.41, 5.74) is 7.57. The van der Waals surface area contributed by atoms with E-state index in [0.29, 0.717) is 0 Å². The molecule has 2 heteroatoms.